The standard InChI is InChI=1S/C21H19N5O3/c1-26-13-18(19(25-26)20(27)22-12-15-8-5-11-29-15)24-21(28)23-17-10-4-7-14-6-2-3-9-16(14)17/h2-11,13H,12H2,1H3,(H,22,27)(H2,23,24,28). The van der Waals surface area contributed by atoms with Crippen molar-refractivity contribution in [1.82, 2.24) is 15.1 Å². The molecule has 0 aliphatic heterocycles. The number of aryl methyl sites for hydroxylation is 1. The van der Waals surface area contributed by atoms with Gasteiger partial charge in [-0.15, -0.1) is 0 Å². The molecule has 2 aromatic heterocycles. The lowest BCUT2D eigenvalue weighted by atomic mass is 10.1. The van der Waals surface area contributed by atoms with Gasteiger partial charge >= 0.3 is 6.03 Å². The molecule has 0 aliphatic rings. The number of amides is 3. The van der Waals surface area contributed by atoms with Gasteiger partial charge in [-0.25, -0.2) is 4.79 Å². The second-order valence-corrected chi connectivity index (χ2v) is 6.43. The fourth-order valence-electron chi connectivity index (χ4n) is 3.02. The minimum atomic E-state index is -0.463. The molecule has 8 heteroatoms. The average Bonchev–Trinajstić information content (AvgIpc) is 3.36. The van der Waals surface area contributed by atoms with Gasteiger partial charge in [0, 0.05) is 18.6 Å². The van der Waals surface area contributed by atoms with Crippen molar-refractivity contribution in [2.24, 2.45) is 7.05 Å². The summed E-state index contributed by atoms with van der Waals surface area (Å²) < 4.78 is 6.67. The van der Waals surface area contributed by atoms with Crippen molar-refractivity contribution in [3.05, 3.63) is 78.5 Å². The topological polar surface area (TPSA) is 101 Å². The Labute approximate surface area is 166 Å². The summed E-state index contributed by atoms with van der Waals surface area (Å²) in [7, 11) is 1.68. The lowest BCUT2D eigenvalue weighted by Gasteiger charge is -2.10. The van der Waals surface area contributed by atoms with E-state index < -0.39 is 11.9 Å². The van der Waals surface area contributed by atoms with Crippen LogP contribution in [-0.4, -0.2) is 21.7 Å². The van der Waals surface area contributed by atoms with Gasteiger partial charge in [-0.1, -0.05) is 36.4 Å². The molecule has 29 heavy (non-hydrogen) atoms. The Morgan fingerprint density at radius 1 is 1.00 bits per heavy atom. The minimum absolute atomic E-state index is 0.118. The Morgan fingerprint density at radius 2 is 1.79 bits per heavy atom. The van der Waals surface area contributed by atoms with Gasteiger partial charge in [-0.3, -0.25) is 9.48 Å². The van der Waals surface area contributed by atoms with Crippen molar-refractivity contribution in [2.45, 2.75) is 6.54 Å². The van der Waals surface area contributed by atoms with Crippen LogP contribution in [0.3, 0.4) is 0 Å². The monoisotopic (exact) mass is 389 g/mol. The van der Waals surface area contributed by atoms with E-state index in [0.717, 1.165) is 10.8 Å². The normalized spacial score (nSPS) is 10.7. The third-order valence-electron chi connectivity index (χ3n) is 4.33. The maximum Gasteiger partial charge on any atom is 0.323 e. The summed E-state index contributed by atoms with van der Waals surface area (Å²) in [4.78, 5) is 25.0. The second-order valence-electron chi connectivity index (χ2n) is 6.43. The number of hydrogen-bond acceptors (Lipinski definition) is 4. The SMILES string of the molecule is Cn1cc(NC(=O)Nc2cccc3ccccc23)c(C(=O)NCc2ccco2)n1. The number of fused-ring (bicyclic) bond motifs is 1. The van der Waals surface area contributed by atoms with Crippen molar-refractivity contribution in [2.75, 3.05) is 10.6 Å². The smallest absolute Gasteiger partial charge is 0.323 e. The summed E-state index contributed by atoms with van der Waals surface area (Å²) in [5.74, 6) is 0.208. The first-order valence-corrected chi connectivity index (χ1v) is 9.00. The van der Waals surface area contributed by atoms with E-state index in [1.54, 1.807) is 25.4 Å². The molecule has 0 aliphatic carbocycles. The van der Waals surface area contributed by atoms with Crippen LogP contribution in [0.25, 0.3) is 10.8 Å². The molecule has 3 amide bonds. The highest BCUT2D eigenvalue weighted by molar-refractivity contribution is 6.08. The molecule has 0 atom stereocenters. The van der Waals surface area contributed by atoms with E-state index in [-0.39, 0.29) is 12.2 Å². The Hall–Kier alpha value is -4.07. The molecule has 0 radical (unpaired) electrons. The molecule has 2 heterocycles. The maximum atomic E-state index is 12.5. The van der Waals surface area contributed by atoms with Gasteiger partial charge in [0.1, 0.15) is 5.76 Å². The third kappa shape index (κ3) is 4.11. The lowest BCUT2D eigenvalue weighted by molar-refractivity contribution is 0.0943. The first-order chi connectivity index (χ1) is 14.1. The number of aromatic nitrogens is 2. The van der Waals surface area contributed by atoms with Crippen molar-refractivity contribution >= 4 is 34.1 Å². The fraction of sp³-hybridized carbons (Fsp3) is 0.0952. The van der Waals surface area contributed by atoms with Gasteiger partial charge in [0.05, 0.1) is 24.2 Å². The van der Waals surface area contributed by atoms with Crippen molar-refractivity contribution in [3.8, 4) is 0 Å². The molecule has 3 N–H and O–H groups in total. The van der Waals surface area contributed by atoms with Gasteiger partial charge in [0.2, 0.25) is 0 Å². The highest BCUT2D eigenvalue weighted by Gasteiger charge is 2.18. The van der Waals surface area contributed by atoms with E-state index in [1.165, 1.54) is 10.9 Å². The maximum absolute atomic E-state index is 12.5. The number of carbonyl (C=O) groups is 2. The fourth-order valence-corrected chi connectivity index (χ4v) is 3.02. The summed E-state index contributed by atoms with van der Waals surface area (Å²) in [6.45, 7) is 0.226. The number of nitrogens with one attached hydrogen (secondary N) is 3. The van der Waals surface area contributed by atoms with Crippen LogP contribution >= 0.6 is 0 Å². The zero-order valence-electron chi connectivity index (χ0n) is 15.7. The van der Waals surface area contributed by atoms with Crippen LogP contribution in [-0.2, 0) is 13.6 Å². The molecule has 0 fully saturated rings. The second kappa shape index (κ2) is 7.89. The molecule has 146 valence electrons. The number of nitrogens with zero attached hydrogens (tertiary/aromatic N) is 2. The van der Waals surface area contributed by atoms with E-state index in [0.29, 0.717) is 17.1 Å². The zero-order valence-corrected chi connectivity index (χ0v) is 15.7. The van der Waals surface area contributed by atoms with Crippen molar-refractivity contribution in [3.63, 3.8) is 0 Å². The van der Waals surface area contributed by atoms with Crippen LogP contribution in [0.1, 0.15) is 16.2 Å². The number of carbonyl (C=O) groups excluding carboxylic acids is 2. The van der Waals surface area contributed by atoms with E-state index >= 15 is 0 Å². The minimum Gasteiger partial charge on any atom is -0.467 e. The van der Waals surface area contributed by atoms with Crippen LogP contribution in [0, 0.1) is 0 Å². The molecule has 0 unspecified atom stereocenters. The predicted molar refractivity (Wildman–Crippen MR) is 110 cm³/mol. The number of benzene rings is 2. The quantitative estimate of drug-likeness (QED) is 0.484. The first-order valence-electron chi connectivity index (χ1n) is 9.00. The third-order valence-corrected chi connectivity index (χ3v) is 4.33. The van der Waals surface area contributed by atoms with Gasteiger partial charge in [-0.05, 0) is 23.6 Å². The molecule has 8 nitrogen and oxygen atoms in total. The largest absolute Gasteiger partial charge is 0.467 e. The molecule has 4 aromatic rings. The molecule has 4 rings (SSSR count). The van der Waals surface area contributed by atoms with Crippen LogP contribution in [0.2, 0.25) is 0 Å². The number of anilines is 2. The Balaban J connectivity index is 1.47. The van der Waals surface area contributed by atoms with E-state index in [4.69, 9.17) is 4.42 Å². The Morgan fingerprint density at radius 3 is 2.62 bits per heavy atom. The number of furan rings is 1. The molecule has 0 bridgehead atoms. The number of urea groups is 1. The first kappa shape index (κ1) is 18.3. The molecule has 0 saturated carbocycles. The predicted octanol–water partition coefficient (Wildman–Crippen LogP) is 3.74. The van der Waals surface area contributed by atoms with Gasteiger partial charge in [-0.2, -0.15) is 5.10 Å². The summed E-state index contributed by atoms with van der Waals surface area (Å²) in [5.41, 5.74) is 1.10. The highest BCUT2D eigenvalue weighted by atomic mass is 16.3. The Bertz CT molecular complexity index is 1160. The van der Waals surface area contributed by atoms with Gasteiger partial charge in [0.25, 0.3) is 5.91 Å². The summed E-state index contributed by atoms with van der Waals surface area (Å²) in [5, 5.41) is 14.3. The van der Waals surface area contributed by atoms with Gasteiger partial charge in [0.15, 0.2) is 5.69 Å². The molecule has 0 saturated heterocycles. The lowest BCUT2D eigenvalue weighted by Crippen LogP contribution is -2.26. The van der Waals surface area contributed by atoms with Gasteiger partial charge < -0.3 is 20.4 Å². The van der Waals surface area contributed by atoms with Crippen LogP contribution < -0.4 is 16.0 Å². The number of hydrogen-bond donors (Lipinski definition) is 3. The molecular weight excluding hydrogens is 370 g/mol. The van der Waals surface area contributed by atoms with Crippen LogP contribution in [0.15, 0.2) is 71.5 Å². The molecular formula is C21H19N5O3. The molecule has 0 spiro atoms. The Kier molecular flexibility index (Phi) is 4.98. The van der Waals surface area contributed by atoms with E-state index in [9.17, 15) is 9.59 Å². The van der Waals surface area contributed by atoms with Crippen LogP contribution in [0.4, 0.5) is 16.2 Å². The summed E-state index contributed by atoms with van der Waals surface area (Å²) >= 11 is 0. The number of rotatable bonds is 5. The summed E-state index contributed by atoms with van der Waals surface area (Å²) in [6, 6.07) is 16.5. The van der Waals surface area contributed by atoms with Crippen molar-refractivity contribution in [1.29, 1.82) is 0 Å². The van der Waals surface area contributed by atoms with E-state index in [2.05, 4.69) is 21.0 Å². The average molecular weight is 389 g/mol. The highest BCUT2D eigenvalue weighted by Crippen LogP contribution is 2.23. The summed E-state index contributed by atoms with van der Waals surface area (Å²) in [6.07, 6.45) is 3.11. The van der Waals surface area contributed by atoms with Crippen molar-refractivity contribution < 1.29 is 14.0 Å². The zero-order chi connectivity index (χ0) is 20.2. The van der Waals surface area contributed by atoms with Crippen LogP contribution in [0.5, 0.6) is 0 Å². The molecule has 2 aromatic carbocycles. The van der Waals surface area contributed by atoms with E-state index in [1.807, 2.05) is 42.5 Å².